The lowest BCUT2D eigenvalue weighted by atomic mass is 9.91. The van der Waals surface area contributed by atoms with Crippen molar-refractivity contribution in [1.29, 1.82) is 0 Å². The van der Waals surface area contributed by atoms with E-state index in [1.165, 1.54) is 6.33 Å². The van der Waals surface area contributed by atoms with Crippen molar-refractivity contribution in [2.75, 3.05) is 30.9 Å². The van der Waals surface area contributed by atoms with Gasteiger partial charge in [-0.1, -0.05) is 0 Å². The standard InChI is InChI=1S/C13H22N4O3/c1-9(2)20-12-10(14)11(15-8-16-12)17-13(7-18)3-5-19-6-4-13/h8-9,18H,3-7,14H2,1-2H3,(H,15,16,17). The van der Waals surface area contributed by atoms with Crippen molar-refractivity contribution in [2.24, 2.45) is 0 Å². The summed E-state index contributed by atoms with van der Waals surface area (Å²) in [5, 5.41) is 12.9. The number of nitrogens with two attached hydrogens (primary N) is 1. The zero-order valence-electron chi connectivity index (χ0n) is 11.9. The van der Waals surface area contributed by atoms with Crippen molar-refractivity contribution >= 4 is 11.5 Å². The Balaban J connectivity index is 2.19. The Kier molecular flexibility index (Phi) is 4.61. The lowest BCUT2D eigenvalue weighted by Gasteiger charge is -2.37. The van der Waals surface area contributed by atoms with Gasteiger partial charge in [0.1, 0.15) is 12.0 Å². The number of aliphatic hydroxyl groups excluding tert-OH is 1. The van der Waals surface area contributed by atoms with Gasteiger partial charge in [-0.15, -0.1) is 0 Å². The first kappa shape index (κ1) is 14.8. The minimum Gasteiger partial charge on any atom is -0.473 e. The Bertz CT molecular complexity index is 447. The summed E-state index contributed by atoms with van der Waals surface area (Å²) in [6, 6.07) is 0. The van der Waals surface area contributed by atoms with Crippen LogP contribution in [0.2, 0.25) is 0 Å². The molecule has 0 aromatic carbocycles. The van der Waals surface area contributed by atoms with Crippen molar-refractivity contribution in [3.8, 4) is 5.88 Å². The van der Waals surface area contributed by atoms with Crippen LogP contribution < -0.4 is 15.8 Å². The van der Waals surface area contributed by atoms with Crippen LogP contribution in [0.25, 0.3) is 0 Å². The number of ether oxygens (including phenoxy) is 2. The molecule has 0 spiro atoms. The molecule has 2 heterocycles. The first-order valence-electron chi connectivity index (χ1n) is 6.80. The second-order valence-corrected chi connectivity index (χ2v) is 5.28. The zero-order valence-corrected chi connectivity index (χ0v) is 11.9. The highest BCUT2D eigenvalue weighted by Crippen LogP contribution is 2.31. The zero-order chi connectivity index (χ0) is 14.6. The largest absolute Gasteiger partial charge is 0.473 e. The molecule has 0 aliphatic carbocycles. The predicted octanol–water partition coefficient (Wildman–Crippen LogP) is 0.799. The lowest BCUT2D eigenvalue weighted by molar-refractivity contribution is 0.0378. The van der Waals surface area contributed by atoms with Crippen LogP contribution in [0.3, 0.4) is 0 Å². The minimum atomic E-state index is -0.449. The monoisotopic (exact) mass is 282 g/mol. The highest BCUT2D eigenvalue weighted by Gasteiger charge is 2.33. The van der Waals surface area contributed by atoms with E-state index in [0.717, 1.165) is 0 Å². The molecule has 1 aliphatic heterocycles. The number of anilines is 2. The van der Waals surface area contributed by atoms with Crippen LogP contribution in [0, 0.1) is 0 Å². The Morgan fingerprint density at radius 2 is 2.15 bits per heavy atom. The second-order valence-electron chi connectivity index (χ2n) is 5.28. The summed E-state index contributed by atoms with van der Waals surface area (Å²) >= 11 is 0. The molecule has 2 rings (SSSR count). The Labute approximate surface area is 118 Å². The number of nitrogen functional groups attached to an aromatic ring is 1. The SMILES string of the molecule is CC(C)Oc1ncnc(NC2(CO)CCOCC2)c1N. The van der Waals surface area contributed by atoms with Gasteiger partial charge in [0, 0.05) is 13.2 Å². The molecule has 1 aliphatic rings. The van der Waals surface area contributed by atoms with E-state index >= 15 is 0 Å². The molecule has 20 heavy (non-hydrogen) atoms. The Morgan fingerprint density at radius 3 is 2.75 bits per heavy atom. The van der Waals surface area contributed by atoms with Crippen LogP contribution in [-0.2, 0) is 4.74 Å². The molecule has 1 aromatic rings. The van der Waals surface area contributed by atoms with Gasteiger partial charge < -0.3 is 25.6 Å². The number of aromatic nitrogens is 2. The summed E-state index contributed by atoms with van der Waals surface area (Å²) in [4.78, 5) is 8.19. The average Bonchev–Trinajstić information content (AvgIpc) is 2.44. The van der Waals surface area contributed by atoms with Crippen molar-refractivity contribution in [3.63, 3.8) is 0 Å². The predicted molar refractivity (Wildman–Crippen MR) is 75.7 cm³/mol. The van der Waals surface area contributed by atoms with E-state index in [9.17, 15) is 5.11 Å². The Morgan fingerprint density at radius 1 is 1.45 bits per heavy atom. The second kappa shape index (κ2) is 6.23. The summed E-state index contributed by atoms with van der Waals surface area (Å²) in [6.07, 6.45) is 2.79. The summed E-state index contributed by atoms with van der Waals surface area (Å²) < 4.78 is 10.9. The molecule has 0 saturated carbocycles. The molecule has 7 heteroatoms. The van der Waals surface area contributed by atoms with E-state index in [-0.39, 0.29) is 12.7 Å². The smallest absolute Gasteiger partial charge is 0.242 e. The molecule has 0 radical (unpaired) electrons. The van der Waals surface area contributed by atoms with Gasteiger partial charge in [-0.05, 0) is 26.7 Å². The first-order valence-corrected chi connectivity index (χ1v) is 6.80. The van der Waals surface area contributed by atoms with Gasteiger partial charge in [0.25, 0.3) is 0 Å². The fourth-order valence-electron chi connectivity index (χ4n) is 2.13. The average molecular weight is 282 g/mol. The quantitative estimate of drug-likeness (QED) is 0.734. The van der Waals surface area contributed by atoms with Crippen molar-refractivity contribution in [2.45, 2.75) is 38.3 Å². The maximum absolute atomic E-state index is 9.67. The molecule has 4 N–H and O–H groups in total. The third-order valence-corrected chi connectivity index (χ3v) is 3.33. The van der Waals surface area contributed by atoms with Crippen LogP contribution >= 0.6 is 0 Å². The summed E-state index contributed by atoms with van der Waals surface area (Å²) in [5.74, 6) is 0.851. The van der Waals surface area contributed by atoms with Crippen molar-refractivity contribution < 1.29 is 14.6 Å². The number of aliphatic hydroxyl groups is 1. The topological polar surface area (TPSA) is 103 Å². The highest BCUT2D eigenvalue weighted by molar-refractivity contribution is 5.67. The number of rotatable bonds is 5. The summed E-state index contributed by atoms with van der Waals surface area (Å²) in [6.45, 7) is 5.02. The van der Waals surface area contributed by atoms with E-state index in [4.69, 9.17) is 15.2 Å². The molecule has 112 valence electrons. The summed E-state index contributed by atoms with van der Waals surface area (Å²) in [7, 11) is 0. The molecule has 1 aromatic heterocycles. The third-order valence-electron chi connectivity index (χ3n) is 3.33. The van der Waals surface area contributed by atoms with Crippen LogP contribution in [-0.4, -0.2) is 46.5 Å². The molecule has 1 saturated heterocycles. The van der Waals surface area contributed by atoms with Gasteiger partial charge in [0.2, 0.25) is 5.88 Å². The number of nitrogens with zero attached hydrogens (tertiary/aromatic N) is 2. The van der Waals surface area contributed by atoms with E-state index in [1.807, 2.05) is 13.8 Å². The Hall–Kier alpha value is -1.60. The summed E-state index contributed by atoms with van der Waals surface area (Å²) in [5.41, 5.74) is 5.95. The van der Waals surface area contributed by atoms with Crippen molar-refractivity contribution in [3.05, 3.63) is 6.33 Å². The molecule has 0 bridgehead atoms. The van der Waals surface area contributed by atoms with Gasteiger partial charge in [0.15, 0.2) is 5.82 Å². The molecular formula is C13H22N4O3. The third kappa shape index (κ3) is 3.29. The van der Waals surface area contributed by atoms with Gasteiger partial charge >= 0.3 is 0 Å². The van der Waals surface area contributed by atoms with Gasteiger partial charge in [0.05, 0.1) is 18.2 Å². The van der Waals surface area contributed by atoms with Crippen LogP contribution in [0.4, 0.5) is 11.5 Å². The van der Waals surface area contributed by atoms with E-state index < -0.39 is 5.54 Å². The number of nitrogens with one attached hydrogen (secondary N) is 1. The van der Waals surface area contributed by atoms with Crippen molar-refractivity contribution in [1.82, 2.24) is 9.97 Å². The maximum Gasteiger partial charge on any atom is 0.242 e. The van der Waals surface area contributed by atoms with E-state index in [2.05, 4.69) is 15.3 Å². The van der Waals surface area contributed by atoms with E-state index in [1.54, 1.807) is 0 Å². The van der Waals surface area contributed by atoms with Gasteiger partial charge in [-0.25, -0.2) is 4.98 Å². The molecule has 1 fully saturated rings. The van der Waals surface area contributed by atoms with Crippen LogP contribution in [0.5, 0.6) is 5.88 Å². The fourth-order valence-corrected chi connectivity index (χ4v) is 2.13. The minimum absolute atomic E-state index is 0.000173. The first-order chi connectivity index (χ1) is 9.56. The van der Waals surface area contributed by atoms with E-state index in [0.29, 0.717) is 43.4 Å². The van der Waals surface area contributed by atoms with Gasteiger partial charge in [-0.3, -0.25) is 0 Å². The highest BCUT2D eigenvalue weighted by atomic mass is 16.5. The molecule has 7 nitrogen and oxygen atoms in total. The molecular weight excluding hydrogens is 260 g/mol. The molecule has 0 amide bonds. The molecule has 0 atom stereocenters. The normalized spacial score (nSPS) is 18.0. The fraction of sp³-hybridized carbons (Fsp3) is 0.692. The van der Waals surface area contributed by atoms with Crippen LogP contribution in [0.15, 0.2) is 6.33 Å². The number of hydrogen-bond acceptors (Lipinski definition) is 7. The lowest BCUT2D eigenvalue weighted by Crippen LogP contribution is -2.47. The number of hydrogen-bond donors (Lipinski definition) is 3. The van der Waals surface area contributed by atoms with Crippen LogP contribution in [0.1, 0.15) is 26.7 Å². The maximum atomic E-state index is 9.67. The molecule has 0 unspecified atom stereocenters. The van der Waals surface area contributed by atoms with Gasteiger partial charge in [-0.2, -0.15) is 4.98 Å².